The number of rotatable bonds is 7. The number of hydrogen-bond acceptors (Lipinski definition) is 11. The lowest BCUT2D eigenvalue weighted by atomic mass is 9.99. The molecule has 0 amide bonds. The summed E-state index contributed by atoms with van der Waals surface area (Å²) in [5, 5.41) is 20.5. The van der Waals surface area contributed by atoms with Crippen molar-refractivity contribution in [3.63, 3.8) is 0 Å². The molecule has 1 saturated heterocycles. The van der Waals surface area contributed by atoms with E-state index in [9.17, 15) is 29.6 Å². The lowest BCUT2D eigenvalue weighted by molar-refractivity contribution is -0.386. The Morgan fingerprint density at radius 3 is 2.10 bits per heavy atom. The second-order valence-electron chi connectivity index (χ2n) is 6.76. The first-order valence-corrected chi connectivity index (χ1v) is 9.25. The van der Waals surface area contributed by atoms with Crippen molar-refractivity contribution >= 4 is 23.6 Å². The quantitative estimate of drug-likeness (QED) is 0.278. The number of hydrogen-bond donors (Lipinski definition) is 1. The Balaban J connectivity index is 2.41. The Kier molecular flexibility index (Phi) is 7.89. The number of carbonyl (C=O) groups is 3. The molecule has 1 N–H and O–H groups in total. The average molecular weight is 441 g/mol. The van der Waals surface area contributed by atoms with Gasteiger partial charge in [0.1, 0.15) is 5.75 Å². The topological polar surface area (TPSA) is 161 Å². The van der Waals surface area contributed by atoms with Gasteiger partial charge in [-0.05, 0) is 19.1 Å². The van der Waals surface area contributed by atoms with Crippen LogP contribution in [0.15, 0.2) is 18.2 Å². The summed E-state index contributed by atoms with van der Waals surface area (Å²) >= 11 is 0. The molecular weight excluding hydrogens is 418 g/mol. The Hall–Kier alpha value is -3.25. The molecule has 1 heterocycles. The minimum Gasteiger partial charge on any atom is -0.460 e. The molecule has 0 saturated carbocycles. The van der Waals surface area contributed by atoms with E-state index in [4.69, 9.17) is 23.7 Å². The third-order valence-electron chi connectivity index (χ3n) is 4.31. The summed E-state index contributed by atoms with van der Waals surface area (Å²) in [6.45, 7) is 4.37. The van der Waals surface area contributed by atoms with Crippen molar-refractivity contribution in [2.24, 2.45) is 0 Å². The SMILES string of the molecule is CC(=O)O[C@@H]1[C@@H](OC(C)=O)[C@H](Oc2ccc(CO)c([N+](=O)[O-])c2)O[C@H](C)[C@H]1OC(C)=O. The van der Waals surface area contributed by atoms with Gasteiger partial charge in [-0.2, -0.15) is 0 Å². The van der Waals surface area contributed by atoms with Crippen molar-refractivity contribution in [1.82, 2.24) is 0 Å². The van der Waals surface area contributed by atoms with Gasteiger partial charge in [-0.1, -0.05) is 0 Å². The number of aliphatic hydroxyl groups is 1. The van der Waals surface area contributed by atoms with Gasteiger partial charge < -0.3 is 28.8 Å². The largest absolute Gasteiger partial charge is 0.460 e. The van der Waals surface area contributed by atoms with Gasteiger partial charge in [0.05, 0.1) is 29.3 Å². The van der Waals surface area contributed by atoms with Crippen LogP contribution in [-0.2, 0) is 39.9 Å². The van der Waals surface area contributed by atoms with Crippen LogP contribution in [0.3, 0.4) is 0 Å². The predicted molar refractivity (Wildman–Crippen MR) is 101 cm³/mol. The lowest BCUT2D eigenvalue weighted by Crippen LogP contribution is -2.62. The van der Waals surface area contributed by atoms with Crippen LogP contribution in [0.1, 0.15) is 33.3 Å². The zero-order valence-corrected chi connectivity index (χ0v) is 17.3. The molecule has 1 fully saturated rings. The third kappa shape index (κ3) is 6.12. The molecule has 0 aromatic heterocycles. The zero-order valence-electron chi connectivity index (χ0n) is 17.3. The zero-order chi connectivity index (χ0) is 23.3. The number of nitro groups is 1. The van der Waals surface area contributed by atoms with Crippen LogP contribution >= 0.6 is 0 Å². The van der Waals surface area contributed by atoms with Gasteiger partial charge in [-0.3, -0.25) is 24.5 Å². The first-order chi connectivity index (χ1) is 14.5. The number of carbonyl (C=O) groups excluding carboxylic acids is 3. The van der Waals surface area contributed by atoms with E-state index in [1.807, 2.05) is 0 Å². The molecule has 1 aromatic rings. The average Bonchev–Trinajstić information content (AvgIpc) is 2.66. The number of nitro benzene ring substituents is 1. The molecule has 170 valence electrons. The highest BCUT2D eigenvalue weighted by Crippen LogP contribution is 2.32. The normalized spacial score (nSPS) is 25.3. The molecule has 1 aliphatic rings. The first kappa shape index (κ1) is 24.0. The van der Waals surface area contributed by atoms with E-state index in [2.05, 4.69) is 0 Å². The Bertz CT molecular complexity index is 855. The van der Waals surface area contributed by atoms with Gasteiger partial charge in [0.2, 0.25) is 12.4 Å². The van der Waals surface area contributed by atoms with Crippen molar-refractivity contribution < 1.29 is 48.1 Å². The van der Waals surface area contributed by atoms with Crippen LogP contribution in [0.25, 0.3) is 0 Å². The Morgan fingerprint density at radius 2 is 1.58 bits per heavy atom. The van der Waals surface area contributed by atoms with E-state index in [1.165, 1.54) is 19.1 Å². The van der Waals surface area contributed by atoms with Gasteiger partial charge in [-0.15, -0.1) is 0 Å². The number of nitrogens with zero attached hydrogens (tertiary/aromatic N) is 1. The van der Waals surface area contributed by atoms with E-state index >= 15 is 0 Å². The highest BCUT2D eigenvalue weighted by atomic mass is 16.7. The maximum absolute atomic E-state index is 11.7. The molecule has 1 aliphatic heterocycles. The van der Waals surface area contributed by atoms with Crippen LogP contribution in [0.4, 0.5) is 5.69 Å². The molecule has 31 heavy (non-hydrogen) atoms. The van der Waals surface area contributed by atoms with E-state index in [0.29, 0.717) is 0 Å². The molecule has 5 atom stereocenters. The second kappa shape index (κ2) is 10.2. The third-order valence-corrected chi connectivity index (χ3v) is 4.31. The molecular formula is C19H23NO11. The standard InChI is InChI=1S/C19H23NO11/c1-9-16(28-10(2)22)17(29-11(3)23)18(30-12(4)24)19(27-9)31-14-6-5-13(8-21)15(7-14)20(25)26/h5-7,9,16-19,21H,8H2,1-4H3/t9-,16-,17+,18-,19+/m1/s1. The van der Waals surface area contributed by atoms with Crippen molar-refractivity contribution in [3.05, 3.63) is 33.9 Å². The molecule has 0 unspecified atom stereocenters. The van der Waals surface area contributed by atoms with E-state index in [-0.39, 0.29) is 17.0 Å². The summed E-state index contributed by atoms with van der Waals surface area (Å²) in [4.78, 5) is 45.4. The molecule has 0 spiro atoms. The van der Waals surface area contributed by atoms with Crippen LogP contribution in [0.2, 0.25) is 0 Å². The number of benzene rings is 1. The highest BCUT2D eigenvalue weighted by molar-refractivity contribution is 5.68. The van der Waals surface area contributed by atoms with Gasteiger partial charge in [0, 0.05) is 20.8 Å². The summed E-state index contributed by atoms with van der Waals surface area (Å²) in [6, 6.07) is 3.73. The van der Waals surface area contributed by atoms with Crippen LogP contribution in [0.5, 0.6) is 5.75 Å². The molecule has 1 aromatic carbocycles. The van der Waals surface area contributed by atoms with Gasteiger partial charge in [0.15, 0.2) is 12.2 Å². The van der Waals surface area contributed by atoms with Crippen molar-refractivity contribution in [1.29, 1.82) is 0 Å². The summed E-state index contributed by atoms with van der Waals surface area (Å²) < 4.78 is 27.1. The number of aliphatic hydroxyl groups excluding tert-OH is 1. The summed E-state index contributed by atoms with van der Waals surface area (Å²) in [5.74, 6) is -2.17. The minimum atomic E-state index is -1.35. The highest BCUT2D eigenvalue weighted by Gasteiger charge is 2.51. The van der Waals surface area contributed by atoms with Crippen LogP contribution in [-0.4, -0.2) is 58.6 Å². The smallest absolute Gasteiger partial charge is 0.303 e. The second-order valence-corrected chi connectivity index (χ2v) is 6.76. The summed E-state index contributed by atoms with van der Waals surface area (Å²) in [6.07, 6.45) is -5.91. The maximum Gasteiger partial charge on any atom is 0.303 e. The summed E-state index contributed by atoms with van der Waals surface area (Å²) in [7, 11) is 0. The fourth-order valence-electron chi connectivity index (χ4n) is 3.12. The molecule has 12 heteroatoms. The van der Waals surface area contributed by atoms with Crippen LogP contribution in [0, 0.1) is 10.1 Å². The predicted octanol–water partition coefficient (Wildman–Crippen LogP) is 1.01. The van der Waals surface area contributed by atoms with E-state index in [0.717, 1.165) is 26.8 Å². The van der Waals surface area contributed by atoms with Crippen LogP contribution < -0.4 is 4.74 Å². The number of esters is 3. The number of ether oxygens (including phenoxy) is 5. The van der Waals surface area contributed by atoms with Crippen molar-refractivity contribution in [2.75, 3.05) is 0 Å². The molecule has 0 radical (unpaired) electrons. The molecule has 12 nitrogen and oxygen atoms in total. The lowest BCUT2D eigenvalue weighted by Gasteiger charge is -2.43. The Labute approximate surface area is 177 Å². The molecule has 0 bridgehead atoms. The van der Waals surface area contributed by atoms with E-state index < -0.39 is 60.1 Å². The fourth-order valence-corrected chi connectivity index (χ4v) is 3.12. The summed E-state index contributed by atoms with van der Waals surface area (Å²) in [5.41, 5.74) is -0.318. The molecule has 0 aliphatic carbocycles. The monoisotopic (exact) mass is 441 g/mol. The fraction of sp³-hybridized carbons (Fsp3) is 0.526. The first-order valence-electron chi connectivity index (χ1n) is 9.25. The van der Waals surface area contributed by atoms with E-state index in [1.54, 1.807) is 0 Å². The Morgan fingerprint density at radius 1 is 1.03 bits per heavy atom. The maximum atomic E-state index is 11.7. The van der Waals surface area contributed by atoms with Gasteiger partial charge in [0.25, 0.3) is 5.69 Å². The van der Waals surface area contributed by atoms with Crippen molar-refractivity contribution in [2.45, 2.75) is 65.0 Å². The van der Waals surface area contributed by atoms with Gasteiger partial charge in [-0.25, -0.2) is 0 Å². The minimum absolute atomic E-state index is 0.0224. The molecule has 2 rings (SSSR count). The van der Waals surface area contributed by atoms with Gasteiger partial charge >= 0.3 is 17.9 Å². The van der Waals surface area contributed by atoms with Crippen molar-refractivity contribution in [3.8, 4) is 5.75 Å².